The first kappa shape index (κ1) is 24.3. The van der Waals surface area contributed by atoms with Crippen LogP contribution in [-0.4, -0.2) is 66.4 Å². The monoisotopic (exact) mass is 387 g/mol. The number of carbonyl (C=O) groups is 5. The quantitative estimate of drug-likeness (QED) is 0.203. The molecule has 0 aliphatic rings. The molecule has 0 saturated heterocycles. The minimum absolute atomic E-state index is 0.0663. The molecule has 11 heteroatoms. The molecular formula is C16H29N5O6. The lowest BCUT2D eigenvalue weighted by Gasteiger charge is -2.24. The number of amides is 4. The zero-order valence-corrected chi connectivity index (χ0v) is 15.8. The topological polar surface area (TPSA) is 180 Å². The third-order valence-corrected chi connectivity index (χ3v) is 3.52. The van der Waals surface area contributed by atoms with E-state index < -0.39 is 41.7 Å². The molecule has 0 radical (unpaired) electrons. The minimum atomic E-state index is -0.955. The van der Waals surface area contributed by atoms with Crippen molar-refractivity contribution in [3.05, 3.63) is 0 Å². The molecular weight excluding hydrogens is 358 g/mol. The Balaban J connectivity index is 4.52. The molecule has 0 aromatic carbocycles. The van der Waals surface area contributed by atoms with Gasteiger partial charge in [0.15, 0.2) is 0 Å². The van der Waals surface area contributed by atoms with Crippen molar-refractivity contribution in [2.24, 2.45) is 11.7 Å². The standard InChI is InChI=1S/C16H29N5O6/c1-9(2)14(21-12(23)8-19-11(22)7-17)16(27)20-10(3)15(26)18-6-4-5-13(24)25/h9-10,14H,4-8,17H2,1-3H3,(H,18,26)(H,19,22)(H,20,27)(H,21,23)(H,24,25)/t10-,14-/m0/s1. The highest BCUT2D eigenvalue weighted by atomic mass is 16.4. The molecule has 2 atom stereocenters. The van der Waals surface area contributed by atoms with Gasteiger partial charge in [-0.1, -0.05) is 13.8 Å². The maximum Gasteiger partial charge on any atom is 0.303 e. The summed E-state index contributed by atoms with van der Waals surface area (Å²) >= 11 is 0. The number of nitrogens with one attached hydrogen (secondary N) is 4. The Labute approximate surface area is 157 Å². The normalized spacial score (nSPS) is 12.6. The third kappa shape index (κ3) is 10.8. The summed E-state index contributed by atoms with van der Waals surface area (Å²) in [6, 6.07) is -1.76. The maximum absolute atomic E-state index is 12.4. The number of hydrogen-bond acceptors (Lipinski definition) is 6. The summed E-state index contributed by atoms with van der Waals surface area (Å²) in [6.45, 7) is 4.54. The smallest absolute Gasteiger partial charge is 0.303 e. The molecule has 0 saturated carbocycles. The second-order valence-electron chi connectivity index (χ2n) is 6.29. The minimum Gasteiger partial charge on any atom is -0.481 e. The average Bonchev–Trinajstić information content (AvgIpc) is 2.60. The molecule has 0 unspecified atom stereocenters. The first-order chi connectivity index (χ1) is 12.6. The van der Waals surface area contributed by atoms with Crippen LogP contribution < -0.4 is 27.0 Å². The van der Waals surface area contributed by atoms with E-state index in [2.05, 4.69) is 21.3 Å². The van der Waals surface area contributed by atoms with Crippen LogP contribution in [0.3, 0.4) is 0 Å². The van der Waals surface area contributed by atoms with Gasteiger partial charge in [0.05, 0.1) is 13.1 Å². The van der Waals surface area contributed by atoms with Crippen molar-refractivity contribution in [3.63, 3.8) is 0 Å². The molecule has 27 heavy (non-hydrogen) atoms. The van der Waals surface area contributed by atoms with E-state index >= 15 is 0 Å². The van der Waals surface area contributed by atoms with E-state index in [0.29, 0.717) is 0 Å². The second kappa shape index (κ2) is 12.6. The lowest BCUT2D eigenvalue weighted by Crippen LogP contribution is -2.55. The summed E-state index contributed by atoms with van der Waals surface area (Å²) in [7, 11) is 0. The van der Waals surface area contributed by atoms with Gasteiger partial charge in [0, 0.05) is 13.0 Å². The fourth-order valence-electron chi connectivity index (χ4n) is 1.98. The largest absolute Gasteiger partial charge is 0.481 e. The van der Waals surface area contributed by atoms with Crippen molar-refractivity contribution in [1.29, 1.82) is 0 Å². The van der Waals surface area contributed by atoms with Crippen molar-refractivity contribution in [1.82, 2.24) is 21.3 Å². The first-order valence-corrected chi connectivity index (χ1v) is 8.64. The lowest BCUT2D eigenvalue weighted by molar-refractivity contribution is -0.137. The van der Waals surface area contributed by atoms with Crippen molar-refractivity contribution >= 4 is 29.6 Å². The van der Waals surface area contributed by atoms with Crippen molar-refractivity contribution in [2.75, 3.05) is 19.6 Å². The van der Waals surface area contributed by atoms with Gasteiger partial charge in [-0.2, -0.15) is 0 Å². The van der Waals surface area contributed by atoms with Gasteiger partial charge in [-0.3, -0.25) is 24.0 Å². The van der Waals surface area contributed by atoms with Crippen LogP contribution in [0, 0.1) is 5.92 Å². The third-order valence-electron chi connectivity index (χ3n) is 3.52. The summed E-state index contributed by atoms with van der Waals surface area (Å²) < 4.78 is 0. The highest BCUT2D eigenvalue weighted by Crippen LogP contribution is 2.02. The predicted molar refractivity (Wildman–Crippen MR) is 96.3 cm³/mol. The van der Waals surface area contributed by atoms with Crippen LogP contribution in [0.1, 0.15) is 33.6 Å². The summed E-state index contributed by atoms with van der Waals surface area (Å²) in [5.41, 5.74) is 5.12. The van der Waals surface area contributed by atoms with E-state index in [9.17, 15) is 24.0 Å². The van der Waals surface area contributed by atoms with Gasteiger partial charge in [-0.25, -0.2) is 0 Å². The number of carbonyl (C=O) groups excluding carboxylic acids is 4. The van der Waals surface area contributed by atoms with Gasteiger partial charge >= 0.3 is 5.97 Å². The molecule has 4 amide bonds. The van der Waals surface area contributed by atoms with Crippen LogP contribution in [0.15, 0.2) is 0 Å². The van der Waals surface area contributed by atoms with Crippen molar-refractivity contribution < 1.29 is 29.1 Å². The SMILES string of the molecule is CC(C)[C@H](NC(=O)CNC(=O)CN)C(=O)N[C@@H](C)C(=O)NCCCC(=O)O. The lowest BCUT2D eigenvalue weighted by atomic mass is 10.0. The van der Waals surface area contributed by atoms with Gasteiger partial charge in [-0.05, 0) is 19.3 Å². The Morgan fingerprint density at radius 1 is 0.926 bits per heavy atom. The second-order valence-corrected chi connectivity index (χ2v) is 6.29. The molecule has 0 aliphatic heterocycles. The molecule has 0 fully saturated rings. The number of aliphatic carboxylic acids is 1. The van der Waals surface area contributed by atoms with Crippen LogP contribution in [0.4, 0.5) is 0 Å². The maximum atomic E-state index is 12.4. The Kier molecular flexibility index (Phi) is 11.4. The van der Waals surface area contributed by atoms with Crippen LogP contribution in [0.5, 0.6) is 0 Å². The Hall–Kier alpha value is -2.69. The molecule has 0 rings (SSSR count). The predicted octanol–water partition coefficient (Wildman–Crippen LogP) is -2.31. The molecule has 0 aromatic heterocycles. The Bertz CT molecular complexity index is 551. The highest BCUT2D eigenvalue weighted by Gasteiger charge is 2.26. The average molecular weight is 387 g/mol. The summed E-state index contributed by atoms with van der Waals surface area (Å²) in [5.74, 6) is -3.27. The molecule has 0 aliphatic carbocycles. The summed E-state index contributed by atoms with van der Waals surface area (Å²) in [6.07, 6.45) is 0.212. The molecule has 11 nitrogen and oxygen atoms in total. The first-order valence-electron chi connectivity index (χ1n) is 8.64. The van der Waals surface area contributed by atoms with Crippen LogP contribution in [0.25, 0.3) is 0 Å². The van der Waals surface area contributed by atoms with Gasteiger partial charge in [0.1, 0.15) is 12.1 Å². The fraction of sp³-hybridized carbons (Fsp3) is 0.688. The molecule has 7 N–H and O–H groups in total. The molecule has 0 spiro atoms. The molecule has 154 valence electrons. The van der Waals surface area contributed by atoms with E-state index in [1.54, 1.807) is 13.8 Å². The number of carboxylic acid groups (broad SMARTS) is 1. The van der Waals surface area contributed by atoms with Crippen molar-refractivity contribution in [2.45, 2.75) is 45.7 Å². The fourth-order valence-corrected chi connectivity index (χ4v) is 1.98. The van der Waals surface area contributed by atoms with E-state index in [4.69, 9.17) is 10.8 Å². The van der Waals surface area contributed by atoms with E-state index in [1.165, 1.54) is 6.92 Å². The van der Waals surface area contributed by atoms with Crippen LogP contribution in [-0.2, 0) is 24.0 Å². The molecule has 0 bridgehead atoms. The van der Waals surface area contributed by atoms with E-state index in [1.807, 2.05) is 0 Å². The van der Waals surface area contributed by atoms with Crippen LogP contribution >= 0.6 is 0 Å². The number of rotatable bonds is 12. The number of carboxylic acids is 1. The highest BCUT2D eigenvalue weighted by molar-refractivity contribution is 5.93. The molecule has 0 aromatic rings. The zero-order valence-electron chi connectivity index (χ0n) is 15.8. The van der Waals surface area contributed by atoms with Gasteiger partial charge in [-0.15, -0.1) is 0 Å². The van der Waals surface area contributed by atoms with Crippen LogP contribution in [0.2, 0.25) is 0 Å². The Morgan fingerprint density at radius 2 is 1.56 bits per heavy atom. The number of nitrogens with two attached hydrogens (primary N) is 1. The number of hydrogen-bond donors (Lipinski definition) is 6. The zero-order chi connectivity index (χ0) is 21.0. The van der Waals surface area contributed by atoms with Gasteiger partial charge in [0.25, 0.3) is 0 Å². The van der Waals surface area contributed by atoms with E-state index in [0.717, 1.165) is 0 Å². The van der Waals surface area contributed by atoms with Crippen molar-refractivity contribution in [3.8, 4) is 0 Å². The Morgan fingerprint density at radius 3 is 2.07 bits per heavy atom. The summed E-state index contributed by atoms with van der Waals surface area (Å²) in [5, 5.41) is 18.4. The summed E-state index contributed by atoms with van der Waals surface area (Å²) in [4.78, 5) is 57.6. The van der Waals surface area contributed by atoms with Gasteiger partial charge < -0.3 is 32.1 Å². The van der Waals surface area contributed by atoms with Gasteiger partial charge in [0.2, 0.25) is 23.6 Å². The van der Waals surface area contributed by atoms with E-state index in [-0.39, 0.29) is 38.4 Å². The molecule has 0 heterocycles.